The van der Waals surface area contributed by atoms with Crippen LogP contribution in [0.4, 0.5) is 0 Å². The molecule has 0 aromatic heterocycles. The predicted molar refractivity (Wildman–Crippen MR) is 221 cm³/mol. The number of ether oxygens (including phenoxy) is 2. The topological polar surface area (TPSA) is 108 Å². The van der Waals surface area contributed by atoms with Crippen LogP contribution in [0.1, 0.15) is 220 Å². The van der Waals surface area contributed by atoms with Gasteiger partial charge in [-0.2, -0.15) is 0 Å². The number of unbranched alkanes of at least 4 members (excludes halogenated alkanes) is 25. The SMILES string of the molecule is CCCCCCC/C=C\C/C=C\CCCCCCCCCCCC(=O)OC(COC(=O)CCCCCCCCCCCCCC)COP(=O)(O)OCC. The third kappa shape index (κ3) is 40.0. The van der Waals surface area contributed by atoms with Gasteiger partial charge in [0.1, 0.15) is 6.61 Å². The molecule has 0 heterocycles. The fourth-order valence-corrected chi connectivity index (χ4v) is 7.00. The van der Waals surface area contributed by atoms with E-state index in [0.29, 0.717) is 12.8 Å². The molecule has 0 fully saturated rings. The number of carbonyl (C=O) groups is 2. The first-order valence-corrected chi connectivity index (χ1v) is 23.6. The summed E-state index contributed by atoms with van der Waals surface area (Å²) in [5.74, 6) is -0.795. The van der Waals surface area contributed by atoms with Crippen molar-refractivity contribution in [2.24, 2.45) is 0 Å². The maximum atomic E-state index is 12.6. The number of esters is 2. The molecule has 2 atom stereocenters. The van der Waals surface area contributed by atoms with Gasteiger partial charge in [0, 0.05) is 12.8 Å². The van der Waals surface area contributed by atoms with Gasteiger partial charge in [-0.25, -0.2) is 4.57 Å². The summed E-state index contributed by atoms with van der Waals surface area (Å²) in [6, 6.07) is 0. The summed E-state index contributed by atoms with van der Waals surface area (Å²) in [4.78, 5) is 34.7. The molecule has 0 aliphatic carbocycles. The van der Waals surface area contributed by atoms with Gasteiger partial charge in [0.2, 0.25) is 0 Å². The summed E-state index contributed by atoms with van der Waals surface area (Å²) in [6.07, 6.45) is 43.7. The first-order chi connectivity index (χ1) is 25.8. The minimum Gasteiger partial charge on any atom is -0.462 e. The van der Waals surface area contributed by atoms with E-state index in [0.717, 1.165) is 44.9 Å². The van der Waals surface area contributed by atoms with E-state index in [1.807, 2.05) is 0 Å². The Morgan fingerprint density at radius 2 is 0.906 bits per heavy atom. The summed E-state index contributed by atoms with van der Waals surface area (Å²) < 4.78 is 32.6. The van der Waals surface area contributed by atoms with Crippen LogP contribution in [-0.4, -0.2) is 42.8 Å². The van der Waals surface area contributed by atoms with E-state index in [1.165, 1.54) is 135 Å². The third-order valence-electron chi connectivity index (χ3n) is 9.51. The van der Waals surface area contributed by atoms with Gasteiger partial charge >= 0.3 is 19.8 Å². The van der Waals surface area contributed by atoms with E-state index in [9.17, 15) is 19.0 Å². The van der Waals surface area contributed by atoms with Gasteiger partial charge in [-0.05, 0) is 51.9 Å². The molecule has 0 saturated carbocycles. The lowest BCUT2D eigenvalue weighted by atomic mass is 10.0. The van der Waals surface area contributed by atoms with E-state index in [4.69, 9.17) is 18.5 Å². The summed E-state index contributed by atoms with van der Waals surface area (Å²) in [7, 11) is -4.28. The summed E-state index contributed by atoms with van der Waals surface area (Å²) >= 11 is 0. The quantitative estimate of drug-likeness (QED) is 0.0283. The zero-order chi connectivity index (χ0) is 38.9. The monoisotopic (exact) mass is 771 g/mol. The second-order valence-electron chi connectivity index (χ2n) is 14.7. The summed E-state index contributed by atoms with van der Waals surface area (Å²) in [5.41, 5.74) is 0. The molecule has 312 valence electrons. The normalized spacial score (nSPS) is 13.5. The van der Waals surface area contributed by atoms with Crippen molar-refractivity contribution in [2.75, 3.05) is 19.8 Å². The molecule has 0 spiro atoms. The molecular formula is C44H83O8P. The largest absolute Gasteiger partial charge is 0.472 e. The smallest absolute Gasteiger partial charge is 0.462 e. The number of carbonyl (C=O) groups excluding carboxylic acids is 2. The summed E-state index contributed by atoms with van der Waals surface area (Å²) in [5, 5.41) is 0. The lowest BCUT2D eigenvalue weighted by molar-refractivity contribution is -0.161. The van der Waals surface area contributed by atoms with Gasteiger partial charge in [-0.1, -0.05) is 179 Å². The van der Waals surface area contributed by atoms with Crippen molar-refractivity contribution >= 4 is 19.8 Å². The van der Waals surface area contributed by atoms with Crippen LogP contribution in [0.3, 0.4) is 0 Å². The van der Waals surface area contributed by atoms with Crippen molar-refractivity contribution < 1.29 is 37.6 Å². The number of phosphoric ester groups is 1. The molecule has 8 nitrogen and oxygen atoms in total. The minimum atomic E-state index is -4.28. The molecule has 0 bridgehead atoms. The second kappa shape index (κ2) is 40.2. The maximum absolute atomic E-state index is 12.6. The molecule has 0 amide bonds. The maximum Gasteiger partial charge on any atom is 0.472 e. The summed E-state index contributed by atoms with van der Waals surface area (Å²) in [6.45, 7) is 5.47. The predicted octanol–water partition coefficient (Wildman–Crippen LogP) is 13.8. The molecule has 0 aliphatic heterocycles. The average molecular weight is 771 g/mol. The lowest BCUT2D eigenvalue weighted by Gasteiger charge is -2.19. The fraction of sp³-hybridized carbons (Fsp3) is 0.864. The lowest BCUT2D eigenvalue weighted by Crippen LogP contribution is -2.29. The number of allylic oxidation sites excluding steroid dienone is 4. The van der Waals surface area contributed by atoms with E-state index in [-0.39, 0.29) is 25.6 Å². The fourth-order valence-electron chi connectivity index (χ4n) is 6.25. The second-order valence-corrected chi connectivity index (χ2v) is 16.2. The molecule has 9 heteroatoms. The third-order valence-corrected chi connectivity index (χ3v) is 10.6. The molecule has 1 N–H and O–H groups in total. The highest BCUT2D eigenvalue weighted by Gasteiger charge is 2.25. The van der Waals surface area contributed by atoms with Crippen LogP contribution < -0.4 is 0 Å². The number of hydrogen-bond donors (Lipinski definition) is 1. The molecule has 0 radical (unpaired) electrons. The Kier molecular flexibility index (Phi) is 39.1. The van der Waals surface area contributed by atoms with Gasteiger partial charge in [-0.3, -0.25) is 18.6 Å². The molecule has 0 aliphatic rings. The van der Waals surface area contributed by atoms with Crippen molar-refractivity contribution in [3.8, 4) is 0 Å². The van der Waals surface area contributed by atoms with Crippen molar-refractivity contribution in [1.82, 2.24) is 0 Å². The van der Waals surface area contributed by atoms with Crippen molar-refractivity contribution in [1.29, 1.82) is 0 Å². The Morgan fingerprint density at radius 1 is 0.509 bits per heavy atom. The number of rotatable bonds is 41. The standard InChI is InChI=1S/C44H83O8P/c1-4-7-9-11-13-15-17-19-20-21-22-23-24-25-26-27-29-31-33-35-37-39-44(46)52-42(41-51-53(47,48)50-6-3)40-49-43(45)38-36-34-32-30-28-18-16-14-12-10-8-5-2/h17,19,21-22,42H,4-16,18,20,23-41H2,1-3H3,(H,47,48)/b19-17-,22-21-. The van der Waals surface area contributed by atoms with Gasteiger partial charge in [-0.15, -0.1) is 0 Å². The van der Waals surface area contributed by atoms with Gasteiger partial charge in [0.25, 0.3) is 0 Å². The van der Waals surface area contributed by atoms with Gasteiger partial charge in [0.15, 0.2) is 6.10 Å². The molecule has 53 heavy (non-hydrogen) atoms. The van der Waals surface area contributed by atoms with Crippen molar-refractivity contribution in [2.45, 2.75) is 226 Å². The molecule has 0 rings (SSSR count). The van der Waals surface area contributed by atoms with Crippen LogP contribution in [0.25, 0.3) is 0 Å². The van der Waals surface area contributed by atoms with E-state index < -0.39 is 26.5 Å². The average Bonchev–Trinajstić information content (AvgIpc) is 3.13. The van der Waals surface area contributed by atoms with Crippen LogP contribution in [0.5, 0.6) is 0 Å². The molecule has 0 aromatic rings. The van der Waals surface area contributed by atoms with Gasteiger partial charge < -0.3 is 14.4 Å². The van der Waals surface area contributed by atoms with Crippen LogP contribution in [0, 0.1) is 0 Å². The minimum absolute atomic E-state index is 0.00150. The highest BCUT2D eigenvalue weighted by Crippen LogP contribution is 2.43. The molecule has 0 aromatic carbocycles. The highest BCUT2D eigenvalue weighted by atomic mass is 31.2. The number of phosphoric acid groups is 1. The van der Waals surface area contributed by atoms with Crippen molar-refractivity contribution in [3.63, 3.8) is 0 Å². The number of hydrogen-bond acceptors (Lipinski definition) is 7. The highest BCUT2D eigenvalue weighted by molar-refractivity contribution is 7.47. The zero-order valence-electron chi connectivity index (χ0n) is 34.7. The van der Waals surface area contributed by atoms with Crippen LogP contribution in [0.2, 0.25) is 0 Å². The van der Waals surface area contributed by atoms with E-state index in [2.05, 4.69) is 38.2 Å². The Labute approximate surface area is 326 Å². The van der Waals surface area contributed by atoms with Crippen LogP contribution in [-0.2, 0) is 32.7 Å². The Balaban J connectivity index is 4.03. The van der Waals surface area contributed by atoms with Gasteiger partial charge in [0.05, 0.1) is 13.2 Å². The Hall–Kier alpha value is -1.47. The molecular weight excluding hydrogens is 687 g/mol. The molecule has 0 saturated heterocycles. The Morgan fingerprint density at radius 3 is 1.34 bits per heavy atom. The van der Waals surface area contributed by atoms with E-state index >= 15 is 0 Å². The zero-order valence-corrected chi connectivity index (χ0v) is 35.6. The van der Waals surface area contributed by atoms with Crippen LogP contribution >= 0.6 is 7.82 Å². The first-order valence-electron chi connectivity index (χ1n) is 22.1. The first kappa shape index (κ1) is 51.5. The van der Waals surface area contributed by atoms with Crippen LogP contribution in [0.15, 0.2) is 24.3 Å². The van der Waals surface area contributed by atoms with E-state index in [1.54, 1.807) is 6.92 Å². The Bertz CT molecular complexity index is 921. The molecule has 2 unspecified atom stereocenters. The van der Waals surface area contributed by atoms with Crippen molar-refractivity contribution in [3.05, 3.63) is 24.3 Å².